The highest BCUT2D eigenvalue weighted by molar-refractivity contribution is 9.10. The Bertz CT molecular complexity index is 944. The van der Waals surface area contributed by atoms with Crippen molar-refractivity contribution in [2.45, 2.75) is 19.9 Å². The molecule has 2 amide bonds. The summed E-state index contributed by atoms with van der Waals surface area (Å²) in [5, 5.41) is 5.40. The zero-order valence-electron chi connectivity index (χ0n) is 15.9. The van der Waals surface area contributed by atoms with Crippen LogP contribution in [0.15, 0.2) is 52.0 Å². The highest BCUT2D eigenvalue weighted by atomic mass is 79.9. The molecule has 1 aromatic carbocycles. The van der Waals surface area contributed by atoms with Crippen molar-refractivity contribution < 1.29 is 9.59 Å². The lowest BCUT2D eigenvalue weighted by molar-refractivity contribution is 0.0949. The van der Waals surface area contributed by atoms with Gasteiger partial charge < -0.3 is 22.1 Å². The van der Waals surface area contributed by atoms with Crippen molar-refractivity contribution >= 4 is 39.8 Å². The summed E-state index contributed by atoms with van der Waals surface area (Å²) in [6.45, 7) is 2.92. The molecule has 10 heteroatoms. The van der Waals surface area contributed by atoms with E-state index in [1.54, 1.807) is 18.2 Å². The second-order valence-electron chi connectivity index (χ2n) is 5.93. The Morgan fingerprint density at radius 1 is 1.31 bits per heavy atom. The molecule has 2 aromatic rings. The minimum atomic E-state index is -0.561. The van der Waals surface area contributed by atoms with E-state index < -0.39 is 5.91 Å². The Hall–Kier alpha value is -3.27. The van der Waals surface area contributed by atoms with Crippen LogP contribution in [0.1, 0.15) is 39.8 Å². The van der Waals surface area contributed by atoms with Crippen LogP contribution >= 0.6 is 15.9 Å². The van der Waals surface area contributed by atoms with E-state index in [0.717, 1.165) is 12.0 Å². The van der Waals surface area contributed by atoms with Crippen LogP contribution < -0.4 is 22.1 Å². The molecule has 1 aromatic heterocycles. The van der Waals surface area contributed by atoms with Gasteiger partial charge in [0.1, 0.15) is 4.60 Å². The number of aliphatic imine (C=N–C) groups is 1. The summed E-state index contributed by atoms with van der Waals surface area (Å²) >= 11 is 3.14. The first-order valence-electron chi connectivity index (χ1n) is 8.82. The lowest BCUT2D eigenvalue weighted by Gasteiger charge is -2.07. The van der Waals surface area contributed by atoms with E-state index in [4.69, 9.17) is 11.5 Å². The topological polar surface area (TPSA) is 148 Å². The predicted octanol–water partition coefficient (Wildman–Crippen LogP) is 1.76. The maximum Gasteiger partial charge on any atom is 0.278 e. The van der Waals surface area contributed by atoms with Gasteiger partial charge >= 0.3 is 0 Å². The molecule has 0 unspecified atom stereocenters. The van der Waals surface area contributed by atoms with Crippen LogP contribution in [0, 0.1) is 0 Å². The van der Waals surface area contributed by atoms with Gasteiger partial charge in [-0.15, -0.1) is 0 Å². The van der Waals surface area contributed by atoms with Crippen LogP contribution in [0.25, 0.3) is 0 Å². The maximum atomic E-state index is 12.3. The van der Waals surface area contributed by atoms with Gasteiger partial charge in [-0.1, -0.05) is 19.1 Å². The van der Waals surface area contributed by atoms with Gasteiger partial charge in [-0.05, 0) is 40.0 Å². The molecule has 0 atom stereocenters. The van der Waals surface area contributed by atoms with Gasteiger partial charge in [-0.25, -0.2) is 9.97 Å². The van der Waals surface area contributed by atoms with Crippen molar-refractivity contribution in [3.05, 3.63) is 63.8 Å². The fourth-order valence-corrected chi connectivity index (χ4v) is 2.53. The van der Waals surface area contributed by atoms with Crippen LogP contribution in [0.2, 0.25) is 0 Å². The van der Waals surface area contributed by atoms with E-state index in [1.807, 2.05) is 13.0 Å². The number of nitrogens with one attached hydrogen (secondary N) is 2. The smallest absolute Gasteiger partial charge is 0.278 e. The standard InChI is InChI=1S/C19H22BrN7O2/c1-2-6-24-18(28)13-5-3-4-12(7-13)9-23-10-14(8-21)26-19(29)16-17(22)25-11-15(20)27-16/h3-5,7-8,10-11H,2,6,9,21H2,1H3,(H2,22,25)(H,24,28)(H,26,29)/b14-8+,23-10?. The van der Waals surface area contributed by atoms with E-state index in [-0.39, 0.29) is 23.1 Å². The van der Waals surface area contributed by atoms with Crippen LogP contribution in [0.3, 0.4) is 0 Å². The Morgan fingerprint density at radius 2 is 2.10 bits per heavy atom. The van der Waals surface area contributed by atoms with Gasteiger partial charge in [-0.2, -0.15) is 0 Å². The van der Waals surface area contributed by atoms with Crippen LogP contribution in [-0.2, 0) is 6.54 Å². The monoisotopic (exact) mass is 459 g/mol. The minimum absolute atomic E-state index is 0.00262. The molecule has 0 bridgehead atoms. The number of nitrogens with two attached hydrogens (primary N) is 2. The first-order valence-corrected chi connectivity index (χ1v) is 9.62. The molecule has 152 valence electrons. The molecule has 0 spiro atoms. The quantitative estimate of drug-likeness (QED) is 0.441. The molecule has 0 fully saturated rings. The number of allylic oxidation sites excluding steroid dienone is 1. The molecule has 1 heterocycles. The van der Waals surface area contributed by atoms with Gasteiger partial charge in [0.15, 0.2) is 11.5 Å². The lowest BCUT2D eigenvalue weighted by Crippen LogP contribution is -2.26. The molecular weight excluding hydrogens is 438 g/mol. The zero-order valence-corrected chi connectivity index (χ0v) is 17.4. The highest BCUT2D eigenvalue weighted by Gasteiger charge is 2.14. The Morgan fingerprint density at radius 3 is 2.83 bits per heavy atom. The van der Waals surface area contributed by atoms with E-state index >= 15 is 0 Å². The Kier molecular flexibility index (Phi) is 8.28. The zero-order chi connectivity index (χ0) is 21.2. The van der Waals surface area contributed by atoms with Crippen LogP contribution in [0.5, 0.6) is 0 Å². The first-order chi connectivity index (χ1) is 13.9. The predicted molar refractivity (Wildman–Crippen MR) is 115 cm³/mol. The average molecular weight is 460 g/mol. The van der Waals surface area contributed by atoms with Gasteiger partial charge in [0.05, 0.1) is 18.4 Å². The normalized spacial score (nSPS) is 11.4. The second kappa shape index (κ2) is 10.9. The van der Waals surface area contributed by atoms with E-state index in [9.17, 15) is 9.59 Å². The molecule has 0 radical (unpaired) electrons. The third kappa shape index (κ3) is 6.68. The fourth-order valence-electron chi connectivity index (χ4n) is 2.25. The molecular formula is C19H22BrN7O2. The van der Waals surface area contributed by atoms with Crippen molar-refractivity contribution in [2.24, 2.45) is 10.7 Å². The number of nitrogens with zero attached hydrogens (tertiary/aromatic N) is 3. The first kappa shape index (κ1) is 22.0. The van der Waals surface area contributed by atoms with Gasteiger partial charge in [-0.3, -0.25) is 14.6 Å². The van der Waals surface area contributed by atoms with E-state index in [1.165, 1.54) is 18.6 Å². The third-order valence-electron chi connectivity index (χ3n) is 3.65. The van der Waals surface area contributed by atoms with Crippen molar-refractivity contribution in [2.75, 3.05) is 12.3 Å². The SMILES string of the molecule is CCCNC(=O)c1cccc(CN=C/C(=C\N)NC(=O)c2nc(Br)cnc2N)c1. The Labute approximate surface area is 176 Å². The number of anilines is 1. The van der Waals surface area contributed by atoms with Crippen molar-refractivity contribution in [3.8, 4) is 0 Å². The Balaban J connectivity index is 2.00. The molecule has 0 aliphatic heterocycles. The summed E-state index contributed by atoms with van der Waals surface area (Å²) in [5.41, 5.74) is 12.9. The fraction of sp³-hybridized carbons (Fsp3) is 0.211. The molecule has 0 saturated heterocycles. The molecule has 6 N–H and O–H groups in total. The second-order valence-corrected chi connectivity index (χ2v) is 6.74. The highest BCUT2D eigenvalue weighted by Crippen LogP contribution is 2.11. The van der Waals surface area contributed by atoms with Gasteiger partial charge in [0, 0.05) is 24.5 Å². The van der Waals surface area contributed by atoms with Crippen molar-refractivity contribution in [1.82, 2.24) is 20.6 Å². The molecule has 0 aliphatic carbocycles. The van der Waals surface area contributed by atoms with Gasteiger partial charge in [0.2, 0.25) is 0 Å². The molecule has 0 saturated carbocycles. The molecule has 9 nitrogen and oxygen atoms in total. The number of nitrogen functional groups attached to an aromatic ring is 1. The summed E-state index contributed by atoms with van der Waals surface area (Å²) < 4.78 is 0.381. The summed E-state index contributed by atoms with van der Waals surface area (Å²) in [5.74, 6) is -0.688. The number of carbonyl (C=O) groups excluding carboxylic acids is 2. The van der Waals surface area contributed by atoms with Crippen molar-refractivity contribution in [3.63, 3.8) is 0 Å². The molecule has 0 aliphatic rings. The van der Waals surface area contributed by atoms with Crippen molar-refractivity contribution in [1.29, 1.82) is 0 Å². The largest absolute Gasteiger partial charge is 0.403 e. The maximum absolute atomic E-state index is 12.3. The third-order valence-corrected chi connectivity index (χ3v) is 4.03. The minimum Gasteiger partial charge on any atom is -0.403 e. The summed E-state index contributed by atoms with van der Waals surface area (Å²) in [6.07, 6.45) is 4.89. The number of benzene rings is 1. The number of rotatable bonds is 8. The number of aromatic nitrogens is 2. The van der Waals surface area contributed by atoms with Crippen LogP contribution in [-0.4, -0.2) is 34.5 Å². The summed E-state index contributed by atoms with van der Waals surface area (Å²) in [4.78, 5) is 36.5. The number of hydrogen-bond acceptors (Lipinski definition) is 7. The molecule has 2 rings (SSSR count). The van der Waals surface area contributed by atoms with Gasteiger partial charge in [0.25, 0.3) is 11.8 Å². The number of carbonyl (C=O) groups is 2. The lowest BCUT2D eigenvalue weighted by atomic mass is 10.1. The summed E-state index contributed by atoms with van der Waals surface area (Å²) in [7, 11) is 0. The average Bonchev–Trinajstić information content (AvgIpc) is 2.73. The van der Waals surface area contributed by atoms with E-state index in [0.29, 0.717) is 23.3 Å². The molecule has 29 heavy (non-hydrogen) atoms. The number of halogens is 1. The summed E-state index contributed by atoms with van der Waals surface area (Å²) in [6, 6.07) is 7.16. The van der Waals surface area contributed by atoms with Crippen LogP contribution in [0.4, 0.5) is 5.82 Å². The van der Waals surface area contributed by atoms with E-state index in [2.05, 4.69) is 41.5 Å². The number of hydrogen-bond donors (Lipinski definition) is 4. The number of amides is 2.